The van der Waals surface area contributed by atoms with Crippen molar-refractivity contribution in [2.45, 2.75) is 20.3 Å². The van der Waals surface area contributed by atoms with E-state index in [0.29, 0.717) is 4.64 Å². The van der Waals surface area contributed by atoms with E-state index in [-0.39, 0.29) is 0 Å². The number of aromatic amines is 1. The van der Waals surface area contributed by atoms with Gasteiger partial charge in [0.1, 0.15) is 16.2 Å². The summed E-state index contributed by atoms with van der Waals surface area (Å²) in [6.07, 6.45) is 2.57. The third-order valence-electron chi connectivity index (χ3n) is 2.29. The van der Waals surface area contributed by atoms with Crippen LogP contribution in [0.25, 0.3) is 11.4 Å². The van der Waals surface area contributed by atoms with Crippen LogP contribution in [0.15, 0.2) is 22.8 Å². The lowest BCUT2D eigenvalue weighted by molar-refractivity contribution is 0.535. The van der Waals surface area contributed by atoms with Crippen LogP contribution in [0.1, 0.15) is 18.4 Å². The van der Waals surface area contributed by atoms with Crippen LogP contribution in [0.4, 0.5) is 0 Å². The minimum Gasteiger partial charge on any atom is -0.469 e. The van der Waals surface area contributed by atoms with Crippen LogP contribution in [0.2, 0.25) is 0 Å². The summed E-state index contributed by atoms with van der Waals surface area (Å²) in [6.45, 7) is 3.99. The van der Waals surface area contributed by atoms with E-state index < -0.39 is 0 Å². The van der Waals surface area contributed by atoms with E-state index in [0.717, 1.165) is 29.3 Å². The normalized spacial score (nSPS) is 10.5. The van der Waals surface area contributed by atoms with Crippen molar-refractivity contribution in [2.24, 2.45) is 0 Å². The fourth-order valence-corrected chi connectivity index (χ4v) is 1.69. The first kappa shape index (κ1) is 10.1. The molecular weight excluding hydrogens is 208 g/mol. The molecule has 78 valence electrons. The van der Waals surface area contributed by atoms with E-state index in [1.165, 1.54) is 0 Å². The van der Waals surface area contributed by atoms with Gasteiger partial charge in [-0.25, -0.2) is 4.98 Å². The van der Waals surface area contributed by atoms with Crippen LogP contribution in [0.5, 0.6) is 0 Å². The third kappa shape index (κ3) is 1.99. The van der Waals surface area contributed by atoms with Gasteiger partial charge in [-0.1, -0.05) is 19.1 Å². The van der Waals surface area contributed by atoms with Crippen molar-refractivity contribution in [1.82, 2.24) is 9.97 Å². The summed E-state index contributed by atoms with van der Waals surface area (Å²) in [6, 6.07) is 3.77. The van der Waals surface area contributed by atoms with E-state index in [1.807, 2.05) is 19.1 Å². The molecule has 4 heteroatoms. The second kappa shape index (κ2) is 3.98. The summed E-state index contributed by atoms with van der Waals surface area (Å²) >= 11 is 5.11. The molecule has 15 heavy (non-hydrogen) atoms. The largest absolute Gasteiger partial charge is 0.469 e. The second-order valence-electron chi connectivity index (χ2n) is 3.34. The number of furan rings is 1. The van der Waals surface area contributed by atoms with Crippen molar-refractivity contribution in [2.75, 3.05) is 0 Å². The van der Waals surface area contributed by atoms with Gasteiger partial charge in [-0.15, -0.1) is 0 Å². The molecule has 0 aliphatic carbocycles. The monoisotopic (exact) mass is 220 g/mol. The highest BCUT2D eigenvalue weighted by Gasteiger charge is 2.07. The van der Waals surface area contributed by atoms with Crippen LogP contribution in [0.3, 0.4) is 0 Å². The van der Waals surface area contributed by atoms with Crippen molar-refractivity contribution < 1.29 is 4.42 Å². The van der Waals surface area contributed by atoms with Gasteiger partial charge in [0, 0.05) is 5.69 Å². The van der Waals surface area contributed by atoms with Gasteiger partial charge in [0.2, 0.25) is 0 Å². The number of aryl methyl sites for hydroxylation is 2. The molecule has 0 amide bonds. The molecule has 0 aromatic carbocycles. The van der Waals surface area contributed by atoms with Crippen molar-refractivity contribution >= 4 is 12.2 Å². The number of rotatable bonds is 2. The summed E-state index contributed by atoms with van der Waals surface area (Å²) in [5, 5.41) is 0. The highest BCUT2D eigenvalue weighted by atomic mass is 32.1. The molecule has 0 bridgehead atoms. The molecule has 2 aromatic heterocycles. The van der Waals surface area contributed by atoms with Crippen LogP contribution in [-0.4, -0.2) is 9.97 Å². The Hall–Kier alpha value is -1.42. The Morgan fingerprint density at radius 3 is 2.93 bits per heavy atom. The van der Waals surface area contributed by atoms with E-state index in [9.17, 15) is 0 Å². The van der Waals surface area contributed by atoms with Crippen molar-refractivity contribution in [3.05, 3.63) is 34.5 Å². The Balaban J connectivity index is 2.58. The zero-order valence-electron chi connectivity index (χ0n) is 8.70. The maximum Gasteiger partial charge on any atom is 0.142 e. The maximum atomic E-state index is 5.24. The summed E-state index contributed by atoms with van der Waals surface area (Å²) in [7, 11) is 0. The number of hydrogen-bond donors (Lipinski definition) is 1. The molecule has 0 aliphatic rings. The van der Waals surface area contributed by atoms with Crippen molar-refractivity contribution in [3.63, 3.8) is 0 Å². The summed E-state index contributed by atoms with van der Waals surface area (Å²) in [4.78, 5) is 7.52. The SMILES string of the molecule is CCc1cc(=S)nc(-c2ccoc2C)[nH]1. The number of aromatic nitrogens is 2. The zero-order chi connectivity index (χ0) is 10.8. The highest BCUT2D eigenvalue weighted by molar-refractivity contribution is 7.71. The Morgan fingerprint density at radius 1 is 1.53 bits per heavy atom. The molecule has 0 radical (unpaired) electrons. The van der Waals surface area contributed by atoms with Gasteiger partial charge in [-0.05, 0) is 25.5 Å². The van der Waals surface area contributed by atoms with Gasteiger partial charge in [0.15, 0.2) is 0 Å². The lowest BCUT2D eigenvalue weighted by Gasteiger charge is -2.02. The number of hydrogen-bond acceptors (Lipinski definition) is 3. The summed E-state index contributed by atoms with van der Waals surface area (Å²) in [5.74, 6) is 1.63. The Labute approximate surface area is 93.2 Å². The Bertz CT molecular complexity index is 527. The standard InChI is InChI=1S/C11H12N2OS/c1-3-8-6-10(15)13-11(12-8)9-4-5-14-7(9)2/h4-6H,3H2,1-2H3,(H,12,13,15). The molecule has 2 heterocycles. The molecule has 2 aromatic rings. The topological polar surface area (TPSA) is 41.8 Å². The van der Waals surface area contributed by atoms with Crippen molar-refractivity contribution in [1.29, 1.82) is 0 Å². The lowest BCUT2D eigenvalue weighted by Crippen LogP contribution is -1.94. The van der Waals surface area contributed by atoms with Crippen LogP contribution in [0, 0.1) is 11.6 Å². The minimum atomic E-state index is 0.612. The first-order valence-electron chi connectivity index (χ1n) is 4.85. The van der Waals surface area contributed by atoms with E-state index >= 15 is 0 Å². The predicted molar refractivity (Wildman–Crippen MR) is 61.2 cm³/mol. The smallest absolute Gasteiger partial charge is 0.142 e. The number of nitrogens with zero attached hydrogens (tertiary/aromatic N) is 1. The molecule has 0 spiro atoms. The Morgan fingerprint density at radius 2 is 2.33 bits per heavy atom. The average Bonchev–Trinajstić information content (AvgIpc) is 2.63. The summed E-state index contributed by atoms with van der Waals surface area (Å²) in [5.41, 5.74) is 2.06. The van der Waals surface area contributed by atoms with E-state index in [1.54, 1.807) is 6.26 Å². The fraction of sp³-hybridized carbons (Fsp3) is 0.273. The molecule has 0 fully saturated rings. The molecule has 0 atom stereocenters. The van der Waals surface area contributed by atoms with Gasteiger partial charge in [-0.3, -0.25) is 0 Å². The maximum absolute atomic E-state index is 5.24. The molecule has 3 nitrogen and oxygen atoms in total. The number of H-pyrrole nitrogens is 1. The van der Waals surface area contributed by atoms with Gasteiger partial charge < -0.3 is 9.40 Å². The van der Waals surface area contributed by atoms with Crippen LogP contribution < -0.4 is 0 Å². The molecule has 0 saturated heterocycles. The lowest BCUT2D eigenvalue weighted by atomic mass is 10.2. The molecule has 1 N–H and O–H groups in total. The van der Waals surface area contributed by atoms with E-state index in [2.05, 4.69) is 16.9 Å². The summed E-state index contributed by atoms with van der Waals surface area (Å²) < 4.78 is 5.85. The number of nitrogens with one attached hydrogen (secondary N) is 1. The highest BCUT2D eigenvalue weighted by Crippen LogP contribution is 2.20. The molecular formula is C11H12N2OS. The van der Waals surface area contributed by atoms with Crippen LogP contribution in [-0.2, 0) is 6.42 Å². The average molecular weight is 220 g/mol. The quantitative estimate of drug-likeness (QED) is 0.790. The first-order valence-corrected chi connectivity index (χ1v) is 5.26. The minimum absolute atomic E-state index is 0.612. The van der Waals surface area contributed by atoms with E-state index in [4.69, 9.17) is 16.6 Å². The van der Waals surface area contributed by atoms with Crippen molar-refractivity contribution in [3.8, 4) is 11.4 Å². The Kier molecular flexibility index (Phi) is 2.68. The van der Waals surface area contributed by atoms with Gasteiger partial charge in [0.05, 0.1) is 11.8 Å². The third-order valence-corrected chi connectivity index (χ3v) is 2.50. The molecule has 0 saturated carbocycles. The molecule has 0 unspecified atom stereocenters. The fourth-order valence-electron chi connectivity index (χ4n) is 1.46. The molecule has 2 rings (SSSR count). The van der Waals surface area contributed by atoms with Gasteiger partial charge in [0.25, 0.3) is 0 Å². The first-order chi connectivity index (χ1) is 7.20. The van der Waals surface area contributed by atoms with Gasteiger partial charge in [-0.2, -0.15) is 0 Å². The van der Waals surface area contributed by atoms with Crippen LogP contribution >= 0.6 is 12.2 Å². The van der Waals surface area contributed by atoms with Gasteiger partial charge >= 0.3 is 0 Å². The predicted octanol–water partition coefficient (Wildman–Crippen LogP) is 3.27. The zero-order valence-corrected chi connectivity index (χ0v) is 9.52. The second-order valence-corrected chi connectivity index (χ2v) is 3.76. The molecule has 0 aliphatic heterocycles.